The Morgan fingerprint density at radius 2 is 2.33 bits per heavy atom. The molecule has 1 unspecified atom stereocenters. The lowest BCUT2D eigenvalue weighted by Gasteiger charge is -2.23. The third kappa shape index (κ3) is 3.53. The first-order valence-corrected chi connectivity index (χ1v) is 7.17. The van der Waals surface area contributed by atoms with E-state index in [0.717, 1.165) is 30.7 Å². The van der Waals surface area contributed by atoms with Gasteiger partial charge >= 0.3 is 5.97 Å². The summed E-state index contributed by atoms with van der Waals surface area (Å²) >= 11 is 0. The molecule has 1 aliphatic rings. The number of carbonyl (C=O) groups excluding carboxylic acids is 1. The topological polar surface area (TPSA) is 62.6 Å². The van der Waals surface area contributed by atoms with E-state index < -0.39 is 0 Å². The minimum atomic E-state index is -0.194. The van der Waals surface area contributed by atoms with Crippen molar-refractivity contribution in [3.05, 3.63) is 29.3 Å². The first-order chi connectivity index (χ1) is 10.2. The quantitative estimate of drug-likeness (QED) is 0.776. The zero-order valence-electron chi connectivity index (χ0n) is 12.5. The van der Waals surface area contributed by atoms with Crippen LogP contribution in [0.25, 0.3) is 0 Å². The average Bonchev–Trinajstić information content (AvgIpc) is 2.95. The van der Waals surface area contributed by atoms with E-state index in [1.165, 1.54) is 0 Å². The van der Waals surface area contributed by atoms with Crippen LogP contribution in [0.15, 0.2) is 18.2 Å². The monoisotopic (exact) mass is 288 g/mol. The number of likely N-dealkylation sites (tertiary alicyclic amines) is 1. The molecule has 5 heteroatoms. The molecule has 1 aliphatic heterocycles. The van der Waals surface area contributed by atoms with Crippen molar-refractivity contribution in [3.63, 3.8) is 0 Å². The maximum atomic E-state index is 12.0. The van der Waals surface area contributed by atoms with Crippen LogP contribution in [0.2, 0.25) is 0 Å². The molecule has 1 fully saturated rings. The second kappa shape index (κ2) is 7.09. The van der Waals surface area contributed by atoms with Gasteiger partial charge in [-0.3, -0.25) is 9.69 Å². The first-order valence-electron chi connectivity index (χ1n) is 7.17. The molecule has 1 aromatic rings. The number of esters is 1. The number of nitrogens with zero attached hydrogens (tertiary/aromatic N) is 2. The van der Waals surface area contributed by atoms with Gasteiger partial charge in [-0.15, -0.1) is 0 Å². The first kappa shape index (κ1) is 15.3. The minimum absolute atomic E-state index is 0.162. The second-order valence-electron chi connectivity index (χ2n) is 5.02. The molecular formula is C16H20N2O3. The fourth-order valence-electron chi connectivity index (χ4n) is 2.71. The summed E-state index contributed by atoms with van der Waals surface area (Å²) in [4.78, 5) is 14.1. The molecule has 0 bridgehead atoms. The second-order valence-corrected chi connectivity index (χ2v) is 5.02. The average molecular weight is 288 g/mol. The number of rotatable bonds is 5. The van der Waals surface area contributed by atoms with Crippen LogP contribution in [0.3, 0.4) is 0 Å². The van der Waals surface area contributed by atoms with E-state index in [1.807, 2.05) is 13.0 Å². The van der Waals surface area contributed by atoms with Gasteiger partial charge in [0, 0.05) is 12.1 Å². The van der Waals surface area contributed by atoms with Crippen molar-refractivity contribution in [1.29, 1.82) is 5.26 Å². The molecule has 0 N–H and O–H groups in total. The summed E-state index contributed by atoms with van der Waals surface area (Å²) in [6, 6.07) is 7.28. The molecule has 1 heterocycles. The summed E-state index contributed by atoms with van der Waals surface area (Å²) in [5.41, 5.74) is 1.52. The highest BCUT2D eigenvalue weighted by Gasteiger charge is 2.32. The molecule has 112 valence electrons. The minimum Gasteiger partial charge on any atom is -0.496 e. The van der Waals surface area contributed by atoms with Gasteiger partial charge in [0.2, 0.25) is 0 Å². The zero-order valence-corrected chi connectivity index (χ0v) is 12.5. The van der Waals surface area contributed by atoms with Gasteiger partial charge in [-0.1, -0.05) is 0 Å². The molecule has 1 saturated heterocycles. The maximum absolute atomic E-state index is 12.0. The van der Waals surface area contributed by atoms with E-state index >= 15 is 0 Å². The molecule has 2 rings (SSSR count). The Labute approximate surface area is 125 Å². The van der Waals surface area contributed by atoms with Gasteiger partial charge in [0.15, 0.2) is 0 Å². The van der Waals surface area contributed by atoms with Crippen LogP contribution in [-0.4, -0.2) is 37.2 Å². The fourth-order valence-corrected chi connectivity index (χ4v) is 2.71. The molecule has 0 spiro atoms. The normalized spacial score (nSPS) is 18.2. The van der Waals surface area contributed by atoms with Gasteiger partial charge in [-0.25, -0.2) is 0 Å². The van der Waals surface area contributed by atoms with Crippen LogP contribution in [0.5, 0.6) is 5.75 Å². The number of carbonyl (C=O) groups is 1. The van der Waals surface area contributed by atoms with Crippen molar-refractivity contribution in [3.8, 4) is 11.8 Å². The number of benzene rings is 1. The Kier molecular flexibility index (Phi) is 5.18. The van der Waals surface area contributed by atoms with E-state index in [1.54, 1.807) is 19.2 Å². The van der Waals surface area contributed by atoms with Crippen molar-refractivity contribution in [2.24, 2.45) is 0 Å². The van der Waals surface area contributed by atoms with Crippen LogP contribution < -0.4 is 4.74 Å². The Balaban J connectivity index is 2.16. The van der Waals surface area contributed by atoms with E-state index in [4.69, 9.17) is 14.7 Å². The summed E-state index contributed by atoms with van der Waals surface area (Å²) in [6.07, 6.45) is 1.79. The SMILES string of the molecule is CCOC(=O)C1CCCN1Cc1cc(C#N)ccc1OC. The lowest BCUT2D eigenvalue weighted by atomic mass is 10.1. The number of methoxy groups -OCH3 is 1. The van der Waals surface area contributed by atoms with Crippen molar-refractivity contribution in [2.45, 2.75) is 32.4 Å². The summed E-state index contributed by atoms with van der Waals surface area (Å²) in [7, 11) is 1.61. The van der Waals surface area contributed by atoms with Gasteiger partial charge in [0.25, 0.3) is 0 Å². The zero-order chi connectivity index (χ0) is 15.2. The summed E-state index contributed by atoms with van der Waals surface area (Å²) in [5, 5.41) is 9.02. The molecule has 0 aromatic heterocycles. The van der Waals surface area contributed by atoms with Gasteiger partial charge in [-0.05, 0) is 44.5 Å². The van der Waals surface area contributed by atoms with Crippen molar-refractivity contribution < 1.29 is 14.3 Å². The fraction of sp³-hybridized carbons (Fsp3) is 0.500. The highest BCUT2D eigenvalue weighted by Crippen LogP contribution is 2.26. The Bertz CT molecular complexity index is 551. The van der Waals surface area contributed by atoms with Crippen LogP contribution in [0.4, 0.5) is 0 Å². The van der Waals surface area contributed by atoms with Crippen molar-refractivity contribution >= 4 is 5.97 Å². The maximum Gasteiger partial charge on any atom is 0.323 e. The highest BCUT2D eigenvalue weighted by atomic mass is 16.5. The Hall–Kier alpha value is -2.06. The molecule has 1 aromatic carbocycles. The van der Waals surface area contributed by atoms with Crippen LogP contribution in [0.1, 0.15) is 30.9 Å². The molecule has 5 nitrogen and oxygen atoms in total. The standard InChI is InChI=1S/C16H20N2O3/c1-3-21-16(19)14-5-4-8-18(14)11-13-9-12(10-17)6-7-15(13)20-2/h6-7,9,14H,3-5,8,11H2,1-2H3. The summed E-state index contributed by atoms with van der Waals surface area (Å²) < 4.78 is 10.5. The van der Waals surface area contributed by atoms with E-state index in [9.17, 15) is 4.79 Å². The van der Waals surface area contributed by atoms with E-state index in [2.05, 4.69) is 11.0 Å². The molecule has 0 saturated carbocycles. The third-order valence-corrected chi connectivity index (χ3v) is 3.71. The predicted octanol–water partition coefficient (Wildman–Crippen LogP) is 2.09. The van der Waals surface area contributed by atoms with E-state index in [0.29, 0.717) is 18.7 Å². The smallest absolute Gasteiger partial charge is 0.323 e. The number of hydrogen-bond donors (Lipinski definition) is 0. The number of ether oxygens (including phenoxy) is 2. The number of nitriles is 1. The van der Waals surface area contributed by atoms with Gasteiger partial charge in [-0.2, -0.15) is 5.26 Å². The predicted molar refractivity (Wildman–Crippen MR) is 77.8 cm³/mol. The third-order valence-electron chi connectivity index (χ3n) is 3.71. The molecule has 0 aliphatic carbocycles. The molecule has 1 atom stereocenters. The Morgan fingerprint density at radius 1 is 1.52 bits per heavy atom. The van der Waals surface area contributed by atoms with Crippen molar-refractivity contribution in [2.75, 3.05) is 20.3 Å². The molecule has 0 amide bonds. The van der Waals surface area contributed by atoms with E-state index in [-0.39, 0.29) is 12.0 Å². The Morgan fingerprint density at radius 3 is 3.00 bits per heavy atom. The largest absolute Gasteiger partial charge is 0.496 e. The van der Waals surface area contributed by atoms with Gasteiger partial charge in [0.1, 0.15) is 11.8 Å². The molecular weight excluding hydrogens is 268 g/mol. The molecule has 21 heavy (non-hydrogen) atoms. The highest BCUT2D eigenvalue weighted by molar-refractivity contribution is 5.76. The summed E-state index contributed by atoms with van der Waals surface area (Å²) in [6.45, 7) is 3.65. The summed E-state index contributed by atoms with van der Waals surface area (Å²) in [5.74, 6) is 0.578. The lowest BCUT2D eigenvalue weighted by Crippen LogP contribution is -2.36. The molecule has 0 radical (unpaired) electrons. The van der Waals surface area contributed by atoms with Gasteiger partial charge < -0.3 is 9.47 Å². The van der Waals surface area contributed by atoms with Crippen LogP contribution >= 0.6 is 0 Å². The van der Waals surface area contributed by atoms with Crippen LogP contribution in [-0.2, 0) is 16.1 Å². The van der Waals surface area contributed by atoms with Gasteiger partial charge in [0.05, 0.1) is 25.3 Å². The lowest BCUT2D eigenvalue weighted by molar-refractivity contribution is -0.148. The van der Waals surface area contributed by atoms with Crippen LogP contribution in [0, 0.1) is 11.3 Å². The number of hydrogen-bond acceptors (Lipinski definition) is 5. The van der Waals surface area contributed by atoms with Crippen molar-refractivity contribution in [1.82, 2.24) is 4.90 Å².